The molecule has 0 amide bonds. The van der Waals surface area contributed by atoms with Crippen LogP contribution in [0.4, 0.5) is 0 Å². The third-order valence-corrected chi connectivity index (χ3v) is 5.97. The second-order valence-electron chi connectivity index (χ2n) is 7.11. The standard InChI is InChI=1S/C15H26N2S/c1-15(2)8-7-12(9-15)16-14-17-13-6-4-3-5-11(13)10-18-14/h11-13H,3-10H2,1-2H3,(H,16,17). The van der Waals surface area contributed by atoms with Crippen molar-refractivity contribution in [3.63, 3.8) is 0 Å². The Morgan fingerprint density at radius 2 is 2.06 bits per heavy atom. The average Bonchev–Trinajstić information content (AvgIpc) is 2.68. The van der Waals surface area contributed by atoms with Gasteiger partial charge in [0, 0.05) is 11.8 Å². The van der Waals surface area contributed by atoms with Gasteiger partial charge in [-0.05, 0) is 43.4 Å². The summed E-state index contributed by atoms with van der Waals surface area (Å²) in [5.74, 6) is 2.17. The van der Waals surface area contributed by atoms with Crippen molar-refractivity contribution < 1.29 is 0 Å². The Hall–Kier alpha value is -0.180. The van der Waals surface area contributed by atoms with Gasteiger partial charge in [0.25, 0.3) is 0 Å². The average molecular weight is 266 g/mol. The van der Waals surface area contributed by atoms with E-state index < -0.39 is 0 Å². The van der Waals surface area contributed by atoms with Crippen molar-refractivity contribution in [2.24, 2.45) is 16.3 Å². The van der Waals surface area contributed by atoms with E-state index >= 15 is 0 Å². The summed E-state index contributed by atoms with van der Waals surface area (Å²) in [7, 11) is 0. The lowest BCUT2D eigenvalue weighted by Gasteiger charge is -2.33. The maximum Gasteiger partial charge on any atom is 0.157 e. The van der Waals surface area contributed by atoms with Crippen LogP contribution >= 0.6 is 11.8 Å². The van der Waals surface area contributed by atoms with Crippen molar-refractivity contribution >= 4 is 16.9 Å². The molecule has 3 atom stereocenters. The third kappa shape index (κ3) is 2.87. The van der Waals surface area contributed by atoms with Crippen molar-refractivity contribution in [3.05, 3.63) is 0 Å². The molecule has 3 aliphatic rings. The fraction of sp³-hybridized carbons (Fsp3) is 0.933. The van der Waals surface area contributed by atoms with Crippen LogP contribution in [0.2, 0.25) is 0 Å². The van der Waals surface area contributed by atoms with Crippen LogP contribution in [0, 0.1) is 11.3 Å². The number of fused-ring (bicyclic) bond motifs is 1. The van der Waals surface area contributed by atoms with Crippen LogP contribution in [-0.2, 0) is 0 Å². The number of thioether (sulfide) groups is 1. The SMILES string of the molecule is CC1(C)CCC(NC2=NC3CCCCC3CS2)C1. The summed E-state index contributed by atoms with van der Waals surface area (Å²) < 4.78 is 0. The predicted octanol–water partition coefficient (Wildman–Crippen LogP) is 3.82. The highest BCUT2D eigenvalue weighted by atomic mass is 32.2. The van der Waals surface area contributed by atoms with E-state index in [1.807, 2.05) is 11.8 Å². The summed E-state index contributed by atoms with van der Waals surface area (Å²) in [6, 6.07) is 1.31. The summed E-state index contributed by atoms with van der Waals surface area (Å²) >= 11 is 1.97. The number of hydrogen-bond donors (Lipinski definition) is 1. The minimum Gasteiger partial charge on any atom is -0.362 e. The maximum absolute atomic E-state index is 4.98. The van der Waals surface area contributed by atoms with Crippen LogP contribution in [0.5, 0.6) is 0 Å². The molecule has 2 saturated carbocycles. The van der Waals surface area contributed by atoms with Gasteiger partial charge in [0.2, 0.25) is 0 Å². The molecular formula is C15H26N2S. The van der Waals surface area contributed by atoms with Gasteiger partial charge < -0.3 is 5.32 Å². The van der Waals surface area contributed by atoms with Crippen molar-refractivity contribution in [2.45, 2.75) is 70.9 Å². The van der Waals surface area contributed by atoms with E-state index in [0.29, 0.717) is 17.5 Å². The molecule has 0 aromatic rings. The molecule has 0 bridgehead atoms. The van der Waals surface area contributed by atoms with Crippen LogP contribution in [-0.4, -0.2) is 23.0 Å². The first-order valence-electron chi connectivity index (χ1n) is 7.59. The summed E-state index contributed by atoms with van der Waals surface area (Å²) in [6.07, 6.45) is 9.53. The molecule has 102 valence electrons. The molecule has 2 nitrogen and oxygen atoms in total. The zero-order valence-corrected chi connectivity index (χ0v) is 12.6. The Bertz CT molecular complexity index is 337. The highest BCUT2D eigenvalue weighted by molar-refractivity contribution is 8.13. The van der Waals surface area contributed by atoms with Crippen molar-refractivity contribution in [3.8, 4) is 0 Å². The van der Waals surface area contributed by atoms with Crippen molar-refractivity contribution in [1.29, 1.82) is 0 Å². The Morgan fingerprint density at radius 3 is 2.83 bits per heavy atom. The molecule has 0 aromatic heterocycles. The molecule has 0 radical (unpaired) electrons. The maximum atomic E-state index is 4.98. The minimum atomic E-state index is 0.533. The molecule has 0 spiro atoms. The van der Waals surface area contributed by atoms with E-state index in [9.17, 15) is 0 Å². The van der Waals surface area contributed by atoms with E-state index in [4.69, 9.17) is 4.99 Å². The molecule has 3 rings (SSSR count). The van der Waals surface area contributed by atoms with Gasteiger partial charge in [-0.3, -0.25) is 4.99 Å². The fourth-order valence-corrected chi connectivity index (χ4v) is 4.96. The number of nitrogens with zero attached hydrogens (tertiary/aromatic N) is 1. The van der Waals surface area contributed by atoms with Gasteiger partial charge in [0.1, 0.15) is 0 Å². The Kier molecular flexibility index (Phi) is 3.61. The van der Waals surface area contributed by atoms with Gasteiger partial charge in [0.05, 0.1) is 6.04 Å². The molecular weight excluding hydrogens is 240 g/mol. The highest BCUT2D eigenvalue weighted by Gasteiger charge is 2.33. The second-order valence-corrected chi connectivity index (χ2v) is 8.11. The van der Waals surface area contributed by atoms with E-state index in [1.54, 1.807) is 0 Å². The zero-order valence-electron chi connectivity index (χ0n) is 11.7. The normalized spacial score (nSPS) is 39.0. The first-order valence-corrected chi connectivity index (χ1v) is 8.58. The first kappa shape index (κ1) is 12.8. The predicted molar refractivity (Wildman–Crippen MR) is 80.2 cm³/mol. The number of aliphatic imine (C=N–C) groups is 1. The van der Waals surface area contributed by atoms with Gasteiger partial charge in [-0.2, -0.15) is 0 Å². The first-order chi connectivity index (χ1) is 8.62. The van der Waals surface area contributed by atoms with Crippen LogP contribution < -0.4 is 5.32 Å². The van der Waals surface area contributed by atoms with Gasteiger partial charge in [-0.15, -0.1) is 0 Å². The molecule has 3 heteroatoms. The van der Waals surface area contributed by atoms with Gasteiger partial charge in [0.15, 0.2) is 5.17 Å². The number of amidine groups is 1. The van der Waals surface area contributed by atoms with E-state index in [-0.39, 0.29) is 0 Å². The number of hydrogen-bond acceptors (Lipinski definition) is 3. The molecule has 0 aromatic carbocycles. The Balaban J connectivity index is 1.58. The lowest BCUT2D eigenvalue weighted by Crippen LogP contribution is -2.38. The monoisotopic (exact) mass is 266 g/mol. The molecule has 1 aliphatic heterocycles. The Morgan fingerprint density at radius 1 is 1.22 bits per heavy atom. The van der Waals surface area contributed by atoms with Gasteiger partial charge >= 0.3 is 0 Å². The number of nitrogens with one attached hydrogen (secondary N) is 1. The molecule has 2 aliphatic carbocycles. The summed E-state index contributed by atoms with van der Waals surface area (Å²) in [5.41, 5.74) is 0.533. The van der Waals surface area contributed by atoms with Crippen LogP contribution in [0.1, 0.15) is 58.8 Å². The second kappa shape index (κ2) is 5.07. The quantitative estimate of drug-likeness (QED) is 0.780. The summed E-state index contributed by atoms with van der Waals surface area (Å²) in [5, 5.41) is 4.97. The molecule has 1 heterocycles. The van der Waals surface area contributed by atoms with E-state index in [1.165, 1.54) is 55.9 Å². The lowest BCUT2D eigenvalue weighted by atomic mass is 9.86. The summed E-state index contributed by atoms with van der Waals surface area (Å²) in [4.78, 5) is 4.98. The van der Waals surface area contributed by atoms with Crippen molar-refractivity contribution in [1.82, 2.24) is 5.32 Å². The van der Waals surface area contributed by atoms with Crippen LogP contribution in [0.3, 0.4) is 0 Å². The smallest absolute Gasteiger partial charge is 0.157 e. The van der Waals surface area contributed by atoms with E-state index in [2.05, 4.69) is 19.2 Å². The van der Waals surface area contributed by atoms with Crippen LogP contribution in [0.15, 0.2) is 4.99 Å². The van der Waals surface area contributed by atoms with Crippen LogP contribution in [0.25, 0.3) is 0 Å². The van der Waals surface area contributed by atoms with Crippen molar-refractivity contribution in [2.75, 3.05) is 5.75 Å². The molecule has 18 heavy (non-hydrogen) atoms. The molecule has 2 fully saturated rings. The fourth-order valence-electron chi connectivity index (χ4n) is 3.74. The van der Waals surface area contributed by atoms with Gasteiger partial charge in [-0.1, -0.05) is 38.5 Å². The van der Waals surface area contributed by atoms with Gasteiger partial charge in [-0.25, -0.2) is 0 Å². The third-order valence-electron chi connectivity index (χ3n) is 4.88. The minimum absolute atomic E-state index is 0.533. The number of rotatable bonds is 1. The molecule has 1 N–H and O–H groups in total. The largest absolute Gasteiger partial charge is 0.362 e. The lowest BCUT2D eigenvalue weighted by molar-refractivity contribution is 0.334. The topological polar surface area (TPSA) is 24.4 Å². The molecule has 3 unspecified atom stereocenters. The zero-order chi connectivity index (χ0) is 12.6. The molecule has 0 saturated heterocycles. The Labute approximate surface area is 115 Å². The summed E-state index contributed by atoms with van der Waals surface area (Å²) in [6.45, 7) is 4.78. The highest BCUT2D eigenvalue weighted by Crippen LogP contribution is 2.38. The van der Waals surface area contributed by atoms with E-state index in [0.717, 1.165) is 5.92 Å².